The van der Waals surface area contributed by atoms with Crippen molar-refractivity contribution in [2.45, 2.75) is 36.6 Å². The Morgan fingerprint density at radius 1 is 0.833 bits per heavy atom. The molecule has 1 aliphatic heterocycles. The van der Waals surface area contributed by atoms with Crippen molar-refractivity contribution in [2.24, 2.45) is 0 Å². The van der Waals surface area contributed by atoms with Crippen LogP contribution in [0.25, 0.3) is 0 Å². The van der Waals surface area contributed by atoms with E-state index in [1.54, 1.807) is 11.8 Å². The van der Waals surface area contributed by atoms with Crippen LogP contribution in [0.3, 0.4) is 0 Å². The van der Waals surface area contributed by atoms with Gasteiger partial charge in [0.1, 0.15) is 0 Å². The minimum atomic E-state index is -0.0175. The summed E-state index contributed by atoms with van der Waals surface area (Å²) in [7, 11) is 0. The van der Waals surface area contributed by atoms with E-state index in [4.69, 9.17) is 0 Å². The smallest absolute Gasteiger partial charge is 0.252 e. The van der Waals surface area contributed by atoms with Gasteiger partial charge in [0.2, 0.25) is 0 Å². The summed E-state index contributed by atoms with van der Waals surface area (Å²) in [5.74, 6) is 0.833. The van der Waals surface area contributed by atoms with Gasteiger partial charge in [0.25, 0.3) is 5.91 Å². The van der Waals surface area contributed by atoms with E-state index in [0.29, 0.717) is 6.54 Å². The highest BCUT2D eigenvalue weighted by Gasteiger charge is 2.13. The van der Waals surface area contributed by atoms with Crippen molar-refractivity contribution in [3.05, 3.63) is 101 Å². The highest BCUT2D eigenvalue weighted by atomic mass is 32.2. The molecule has 1 amide bonds. The van der Waals surface area contributed by atoms with Gasteiger partial charge >= 0.3 is 0 Å². The van der Waals surface area contributed by atoms with Crippen LogP contribution in [-0.2, 0) is 18.8 Å². The first-order valence-electron chi connectivity index (χ1n) is 10.6. The fourth-order valence-electron chi connectivity index (χ4n) is 3.83. The normalized spacial score (nSPS) is 14.0. The number of nitrogens with zero attached hydrogens (tertiary/aromatic N) is 1. The predicted molar refractivity (Wildman–Crippen MR) is 125 cm³/mol. The zero-order valence-corrected chi connectivity index (χ0v) is 18.0. The maximum absolute atomic E-state index is 12.9. The van der Waals surface area contributed by atoms with E-state index in [9.17, 15) is 4.79 Å². The first-order valence-corrected chi connectivity index (χ1v) is 11.6. The largest absolute Gasteiger partial charge is 0.348 e. The topological polar surface area (TPSA) is 32.3 Å². The number of hydrogen-bond donors (Lipinski definition) is 1. The monoisotopic (exact) mass is 416 g/mol. The van der Waals surface area contributed by atoms with Gasteiger partial charge in [-0.05, 0) is 54.8 Å². The third-order valence-electron chi connectivity index (χ3n) is 5.42. The van der Waals surface area contributed by atoms with Crippen molar-refractivity contribution in [1.82, 2.24) is 10.2 Å². The predicted octanol–water partition coefficient (Wildman–Crippen LogP) is 5.50. The Balaban J connectivity index is 1.36. The lowest BCUT2D eigenvalue weighted by atomic mass is 10.1. The van der Waals surface area contributed by atoms with Gasteiger partial charge in [0.15, 0.2) is 0 Å². The van der Waals surface area contributed by atoms with Gasteiger partial charge in [-0.1, -0.05) is 66.7 Å². The molecule has 4 rings (SSSR count). The van der Waals surface area contributed by atoms with Gasteiger partial charge in [0.05, 0.1) is 5.56 Å². The molecule has 3 aromatic carbocycles. The highest BCUT2D eigenvalue weighted by molar-refractivity contribution is 7.98. The molecule has 1 heterocycles. The van der Waals surface area contributed by atoms with Gasteiger partial charge < -0.3 is 5.32 Å². The minimum Gasteiger partial charge on any atom is -0.348 e. The fraction of sp³-hybridized carbons (Fsp3) is 0.269. The van der Waals surface area contributed by atoms with Crippen LogP contribution in [-0.4, -0.2) is 23.9 Å². The first-order chi connectivity index (χ1) is 14.8. The Morgan fingerprint density at radius 2 is 1.53 bits per heavy atom. The molecule has 0 radical (unpaired) electrons. The molecule has 0 atom stereocenters. The number of hydrogen-bond acceptors (Lipinski definition) is 3. The molecule has 0 aliphatic carbocycles. The molecule has 0 unspecified atom stereocenters. The number of likely N-dealkylation sites (tertiary alicyclic amines) is 1. The van der Waals surface area contributed by atoms with Gasteiger partial charge in [0, 0.05) is 23.7 Å². The zero-order chi connectivity index (χ0) is 20.6. The molecule has 1 fully saturated rings. The molecule has 1 N–H and O–H groups in total. The molecule has 3 nitrogen and oxygen atoms in total. The Labute approximate surface area is 183 Å². The number of rotatable bonds is 8. The molecule has 30 heavy (non-hydrogen) atoms. The van der Waals surface area contributed by atoms with Crippen LogP contribution in [0.1, 0.15) is 39.9 Å². The number of nitrogens with one attached hydrogen (secondary N) is 1. The van der Waals surface area contributed by atoms with Crippen LogP contribution >= 0.6 is 11.8 Å². The Kier molecular flexibility index (Phi) is 7.22. The van der Waals surface area contributed by atoms with Crippen molar-refractivity contribution in [2.75, 3.05) is 13.1 Å². The van der Waals surface area contributed by atoms with Crippen molar-refractivity contribution < 1.29 is 4.79 Å². The maximum Gasteiger partial charge on any atom is 0.252 e. The van der Waals surface area contributed by atoms with Crippen LogP contribution in [0.5, 0.6) is 0 Å². The lowest BCUT2D eigenvalue weighted by molar-refractivity contribution is 0.0948. The molecule has 1 aliphatic rings. The zero-order valence-electron chi connectivity index (χ0n) is 17.2. The van der Waals surface area contributed by atoms with Gasteiger partial charge in [-0.25, -0.2) is 0 Å². The van der Waals surface area contributed by atoms with E-state index in [1.165, 1.54) is 37.1 Å². The third-order valence-corrected chi connectivity index (χ3v) is 6.56. The quantitative estimate of drug-likeness (QED) is 0.492. The maximum atomic E-state index is 12.9. The van der Waals surface area contributed by atoms with E-state index >= 15 is 0 Å². The summed E-state index contributed by atoms with van der Waals surface area (Å²) in [6, 6.07) is 26.8. The highest BCUT2D eigenvalue weighted by Crippen LogP contribution is 2.26. The molecule has 0 spiro atoms. The molecule has 0 saturated carbocycles. The lowest BCUT2D eigenvalue weighted by Gasteiger charge is -2.15. The summed E-state index contributed by atoms with van der Waals surface area (Å²) in [5.41, 5.74) is 4.47. The van der Waals surface area contributed by atoms with Gasteiger partial charge in [-0.15, -0.1) is 11.8 Å². The van der Waals surface area contributed by atoms with Crippen molar-refractivity contribution in [1.29, 1.82) is 0 Å². The molecular weight excluding hydrogens is 388 g/mol. The number of carbonyl (C=O) groups is 1. The summed E-state index contributed by atoms with van der Waals surface area (Å²) in [4.78, 5) is 16.4. The van der Waals surface area contributed by atoms with E-state index in [2.05, 4.69) is 46.6 Å². The van der Waals surface area contributed by atoms with E-state index < -0.39 is 0 Å². The Bertz CT molecular complexity index is 968. The SMILES string of the molecule is O=C(NCc1cccc(CN2CCCC2)c1)c1ccccc1SCc1ccccc1. The van der Waals surface area contributed by atoms with E-state index in [0.717, 1.165) is 28.3 Å². The molecular formula is C26H28N2OS. The van der Waals surface area contributed by atoms with Crippen LogP contribution in [0.2, 0.25) is 0 Å². The number of carbonyl (C=O) groups excluding carboxylic acids is 1. The summed E-state index contributed by atoms with van der Waals surface area (Å²) in [5, 5.41) is 3.11. The molecule has 3 aromatic rings. The number of benzene rings is 3. The standard InChI is InChI=1S/C26H28N2OS/c29-26(24-13-4-5-14-25(24)30-20-21-9-2-1-3-10-21)27-18-22-11-8-12-23(17-22)19-28-15-6-7-16-28/h1-5,8-14,17H,6-7,15-16,18-20H2,(H,27,29). The molecule has 0 aromatic heterocycles. The van der Waals surface area contributed by atoms with E-state index in [1.807, 2.05) is 42.5 Å². The first kappa shape index (κ1) is 20.7. The Hall–Kier alpha value is -2.56. The third kappa shape index (κ3) is 5.74. The second-order valence-electron chi connectivity index (χ2n) is 7.76. The van der Waals surface area contributed by atoms with Crippen LogP contribution in [0.15, 0.2) is 83.8 Å². The van der Waals surface area contributed by atoms with Crippen LogP contribution in [0, 0.1) is 0 Å². The average molecular weight is 417 g/mol. The number of amides is 1. The summed E-state index contributed by atoms with van der Waals surface area (Å²) >= 11 is 1.70. The van der Waals surface area contributed by atoms with Crippen LogP contribution < -0.4 is 5.32 Å². The summed E-state index contributed by atoms with van der Waals surface area (Å²) in [6.45, 7) is 3.93. The summed E-state index contributed by atoms with van der Waals surface area (Å²) in [6.07, 6.45) is 2.61. The number of thioether (sulfide) groups is 1. The lowest BCUT2D eigenvalue weighted by Crippen LogP contribution is -2.23. The van der Waals surface area contributed by atoms with Gasteiger partial charge in [-0.3, -0.25) is 9.69 Å². The van der Waals surface area contributed by atoms with Crippen molar-refractivity contribution in [3.8, 4) is 0 Å². The molecule has 154 valence electrons. The molecule has 1 saturated heterocycles. The second kappa shape index (κ2) is 10.5. The van der Waals surface area contributed by atoms with Crippen molar-refractivity contribution >= 4 is 17.7 Å². The van der Waals surface area contributed by atoms with E-state index in [-0.39, 0.29) is 5.91 Å². The molecule has 0 bridgehead atoms. The Morgan fingerprint density at radius 3 is 2.37 bits per heavy atom. The summed E-state index contributed by atoms with van der Waals surface area (Å²) < 4.78 is 0. The molecule has 4 heteroatoms. The second-order valence-corrected chi connectivity index (χ2v) is 8.77. The minimum absolute atomic E-state index is 0.0175. The van der Waals surface area contributed by atoms with Gasteiger partial charge in [-0.2, -0.15) is 0 Å². The van der Waals surface area contributed by atoms with Crippen LogP contribution in [0.4, 0.5) is 0 Å². The van der Waals surface area contributed by atoms with Crippen molar-refractivity contribution in [3.63, 3.8) is 0 Å². The average Bonchev–Trinajstić information content (AvgIpc) is 3.30. The fourth-order valence-corrected chi connectivity index (χ4v) is 4.84.